The smallest absolute Gasteiger partial charge is 0.306 e. The predicted octanol–water partition coefficient (Wildman–Crippen LogP) is 14.1. The van der Waals surface area contributed by atoms with Crippen LogP contribution in [-0.4, -0.2) is 46.9 Å². The summed E-state index contributed by atoms with van der Waals surface area (Å²) in [5.41, 5.74) is 0. The molecule has 1 amide bonds. The number of carbonyl (C=O) groups is 2. The number of rotatable bonds is 42. The molecule has 3 atom stereocenters. The first-order chi connectivity index (χ1) is 28.0. The fourth-order valence-electron chi connectivity index (χ4n) is 7.05. The zero-order valence-electron chi connectivity index (χ0n) is 37.5. The first-order valence-corrected chi connectivity index (χ1v) is 24.1. The molecule has 0 bridgehead atoms. The van der Waals surface area contributed by atoms with Crippen molar-refractivity contribution >= 4 is 11.9 Å². The Kier molecular flexibility index (Phi) is 42.7. The number of esters is 1. The van der Waals surface area contributed by atoms with Crippen LogP contribution in [0, 0.1) is 0 Å². The summed E-state index contributed by atoms with van der Waals surface area (Å²) in [6.07, 6.45) is 54.1. The Morgan fingerprint density at radius 1 is 0.509 bits per heavy atom. The van der Waals surface area contributed by atoms with Crippen molar-refractivity contribution in [3.8, 4) is 0 Å². The number of carbonyl (C=O) groups excluding carboxylic acids is 2. The number of unbranched alkanes of at least 4 members (excludes halogenated alkanes) is 24. The average molecular weight is 798 g/mol. The molecule has 6 heteroatoms. The molecule has 0 saturated heterocycles. The molecular formula is C51H91NO5. The van der Waals surface area contributed by atoms with E-state index in [1.807, 2.05) is 36.5 Å². The van der Waals surface area contributed by atoms with Gasteiger partial charge in [-0.2, -0.15) is 0 Å². The Labute approximate surface area is 352 Å². The summed E-state index contributed by atoms with van der Waals surface area (Å²) in [6.45, 7) is 6.36. The molecule has 6 nitrogen and oxygen atoms in total. The molecule has 3 N–H and O–H groups in total. The highest BCUT2D eigenvalue weighted by molar-refractivity contribution is 5.77. The number of ether oxygens (including phenoxy) is 1. The molecule has 0 heterocycles. The number of aliphatic hydroxyl groups is 2. The van der Waals surface area contributed by atoms with Crippen molar-refractivity contribution < 1.29 is 24.5 Å². The third kappa shape index (κ3) is 40.1. The maximum absolute atomic E-state index is 13.1. The number of aliphatic hydroxyl groups excluding tert-OH is 2. The van der Waals surface area contributed by atoms with Gasteiger partial charge in [-0.05, 0) is 44.9 Å². The van der Waals surface area contributed by atoms with Crippen LogP contribution in [0.1, 0.15) is 226 Å². The van der Waals surface area contributed by atoms with Crippen LogP contribution in [0.5, 0.6) is 0 Å². The van der Waals surface area contributed by atoms with Crippen molar-refractivity contribution in [1.29, 1.82) is 0 Å². The van der Waals surface area contributed by atoms with Gasteiger partial charge in [0.15, 0.2) is 0 Å². The molecule has 3 unspecified atom stereocenters. The highest BCUT2D eigenvalue weighted by atomic mass is 16.5. The van der Waals surface area contributed by atoms with Crippen LogP contribution < -0.4 is 5.32 Å². The first-order valence-electron chi connectivity index (χ1n) is 24.1. The molecule has 0 aromatic heterocycles. The van der Waals surface area contributed by atoms with Gasteiger partial charge in [0, 0.05) is 6.42 Å². The average Bonchev–Trinajstić information content (AvgIpc) is 3.20. The number of hydrogen-bond donors (Lipinski definition) is 3. The molecule has 330 valence electrons. The summed E-state index contributed by atoms with van der Waals surface area (Å²) in [6, 6.07) is -0.714. The maximum atomic E-state index is 13.1. The Balaban J connectivity index is 4.71. The van der Waals surface area contributed by atoms with Crippen LogP contribution in [0.25, 0.3) is 0 Å². The molecule has 0 aromatic carbocycles. The quantitative estimate of drug-likeness (QED) is 0.0325. The summed E-state index contributed by atoms with van der Waals surface area (Å²) < 4.78 is 5.89. The third-order valence-electron chi connectivity index (χ3n) is 10.7. The summed E-state index contributed by atoms with van der Waals surface area (Å²) in [7, 11) is 0. The summed E-state index contributed by atoms with van der Waals surface area (Å²) in [5.74, 6) is -0.516. The molecule has 0 aliphatic carbocycles. The van der Waals surface area contributed by atoms with Gasteiger partial charge < -0.3 is 20.3 Å². The van der Waals surface area contributed by atoms with Gasteiger partial charge in [-0.25, -0.2) is 0 Å². The molecule has 0 spiro atoms. The van der Waals surface area contributed by atoms with E-state index in [2.05, 4.69) is 50.4 Å². The lowest BCUT2D eigenvalue weighted by Crippen LogP contribution is -2.46. The largest absolute Gasteiger partial charge is 0.462 e. The lowest BCUT2D eigenvalue weighted by molar-refractivity contribution is -0.151. The standard InChI is InChI=1S/C51H91NO5/c1-4-7-10-13-16-19-22-23-24-25-26-29-30-33-36-39-42-47(57-51(56)44-41-38-35-32-28-21-18-15-12-9-6-3)45-50(55)52-48(46-53)49(54)43-40-37-34-31-27-20-17-14-11-8-5-2/h10,13,16,19,22-26,29,47-49,53-54H,4-9,11-12,14-15,17-18,20-21,27-28,30-46H2,1-3H3,(H,52,55)/b13-10+,19-16+,23-22+,25-24+,29-26+. The van der Waals surface area contributed by atoms with Gasteiger partial charge in [0.25, 0.3) is 0 Å². The molecule has 0 aliphatic rings. The Morgan fingerprint density at radius 3 is 1.42 bits per heavy atom. The SMILES string of the molecule is CCC/C=C/C=C/C=C/C=C/C=C/CCCCCC(CC(=O)NC(CO)C(O)CCCCCCCCCCCCC)OC(=O)CCCCCCCCCCCCC. The van der Waals surface area contributed by atoms with E-state index in [-0.39, 0.29) is 24.9 Å². The van der Waals surface area contributed by atoms with Gasteiger partial charge in [-0.1, -0.05) is 229 Å². The maximum Gasteiger partial charge on any atom is 0.306 e. The van der Waals surface area contributed by atoms with E-state index in [1.54, 1.807) is 0 Å². The summed E-state index contributed by atoms with van der Waals surface area (Å²) in [4.78, 5) is 26.0. The number of nitrogens with one attached hydrogen (secondary N) is 1. The van der Waals surface area contributed by atoms with Gasteiger partial charge in [0.1, 0.15) is 6.10 Å². The first kappa shape index (κ1) is 54.6. The normalized spacial score (nSPS) is 13.8. The van der Waals surface area contributed by atoms with E-state index in [0.717, 1.165) is 70.6 Å². The Bertz CT molecular complexity index is 1030. The fourth-order valence-corrected chi connectivity index (χ4v) is 7.05. The Morgan fingerprint density at radius 2 is 0.930 bits per heavy atom. The Hall–Kier alpha value is -2.44. The lowest BCUT2D eigenvalue weighted by atomic mass is 10.0. The topological polar surface area (TPSA) is 95.9 Å². The van der Waals surface area contributed by atoms with E-state index >= 15 is 0 Å². The van der Waals surface area contributed by atoms with E-state index in [4.69, 9.17) is 4.74 Å². The molecule has 0 aliphatic heterocycles. The van der Waals surface area contributed by atoms with Crippen LogP contribution in [0.15, 0.2) is 60.8 Å². The molecular weight excluding hydrogens is 707 g/mol. The highest BCUT2D eigenvalue weighted by Gasteiger charge is 2.24. The molecule has 0 saturated carbocycles. The number of allylic oxidation sites excluding steroid dienone is 10. The van der Waals surface area contributed by atoms with Crippen molar-refractivity contribution in [2.75, 3.05) is 6.61 Å². The minimum Gasteiger partial charge on any atom is -0.462 e. The van der Waals surface area contributed by atoms with Gasteiger partial charge in [0.2, 0.25) is 5.91 Å². The van der Waals surface area contributed by atoms with Crippen molar-refractivity contribution in [3.05, 3.63) is 60.8 Å². The zero-order chi connectivity index (χ0) is 41.7. The van der Waals surface area contributed by atoms with Crippen LogP contribution in [0.4, 0.5) is 0 Å². The van der Waals surface area contributed by atoms with Gasteiger partial charge in [-0.3, -0.25) is 9.59 Å². The van der Waals surface area contributed by atoms with Gasteiger partial charge in [0.05, 0.1) is 25.2 Å². The van der Waals surface area contributed by atoms with Gasteiger partial charge in [-0.15, -0.1) is 0 Å². The molecule has 0 radical (unpaired) electrons. The number of amides is 1. The molecule has 0 aromatic rings. The highest BCUT2D eigenvalue weighted by Crippen LogP contribution is 2.17. The van der Waals surface area contributed by atoms with Crippen LogP contribution >= 0.6 is 0 Å². The second-order valence-electron chi connectivity index (χ2n) is 16.3. The molecule has 57 heavy (non-hydrogen) atoms. The predicted molar refractivity (Wildman–Crippen MR) is 245 cm³/mol. The minimum atomic E-state index is -0.798. The summed E-state index contributed by atoms with van der Waals surface area (Å²) in [5, 5.41) is 23.7. The van der Waals surface area contributed by atoms with Crippen molar-refractivity contribution in [3.63, 3.8) is 0 Å². The van der Waals surface area contributed by atoms with E-state index < -0.39 is 18.2 Å². The zero-order valence-corrected chi connectivity index (χ0v) is 37.5. The summed E-state index contributed by atoms with van der Waals surface area (Å²) >= 11 is 0. The lowest BCUT2D eigenvalue weighted by Gasteiger charge is -2.24. The van der Waals surface area contributed by atoms with Crippen molar-refractivity contribution in [1.82, 2.24) is 5.32 Å². The van der Waals surface area contributed by atoms with Crippen molar-refractivity contribution in [2.24, 2.45) is 0 Å². The van der Waals surface area contributed by atoms with E-state index in [9.17, 15) is 19.8 Å². The van der Waals surface area contributed by atoms with Crippen LogP contribution in [-0.2, 0) is 14.3 Å². The third-order valence-corrected chi connectivity index (χ3v) is 10.7. The number of hydrogen-bond acceptors (Lipinski definition) is 5. The second-order valence-corrected chi connectivity index (χ2v) is 16.3. The fraction of sp³-hybridized carbons (Fsp3) is 0.765. The van der Waals surface area contributed by atoms with Crippen LogP contribution in [0.2, 0.25) is 0 Å². The van der Waals surface area contributed by atoms with E-state index in [0.29, 0.717) is 19.3 Å². The molecule has 0 fully saturated rings. The minimum absolute atomic E-state index is 0.0497. The second kappa shape index (κ2) is 44.7. The van der Waals surface area contributed by atoms with Gasteiger partial charge >= 0.3 is 5.97 Å². The van der Waals surface area contributed by atoms with Crippen molar-refractivity contribution in [2.45, 2.75) is 244 Å². The van der Waals surface area contributed by atoms with E-state index in [1.165, 1.54) is 109 Å². The van der Waals surface area contributed by atoms with Crippen LogP contribution in [0.3, 0.4) is 0 Å². The molecule has 0 rings (SSSR count). The monoisotopic (exact) mass is 798 g/mol.